The van der Waals surface area contributed by atoms with Crippen molar-refractivity contribution < 1.29 is 13.2 Å². The van der Waals surface area contributed by atoms with Gasteiger partial charge in [0.2, 0.25) is 10.0 Å². The zero-order valence-electron chi connectivity index (χ0n) is 17.6. The first-order valence-corrected chi connectivity index (χ1v) is 11.5. The molecule has 1 aromatic heterocycles. The van der Waals surface area contributed by atoms with Gasteiger partial charge < -0.3 is 0 Å². The lowest BCUT2D eigenvalue weighted by molar-refractivity contribution is -0.112. The van der Waals surface area contributed by atoms with E-state index in [9.17, 15) is 22.8 Å². The predicted octanol–water partition coefficient (Wildman–Crippen LogP) is 0.887. The molecule has 2 N–H and O–H groups in total. The van der Waals surface area contributed by atoms with Crippen LogP contribution in [0.5, 0.6) is 0 Å². The van der Waals surface area contributed by atoms with E-state index in [2.05, 4.69) is 22.0 Å². The van der Waals surface area contributed by atoms with Crippen molar-refractivity contribution in [1.29, 1.82) is 0 Å². The number of sulfonamides is 1. The second-order valence-electron chi connectivity index (χ2n) is 8.98. The number of aromatic nitrogens is 2. The van der Waals surface area contributed by atoms with E-state index < -0.39 is 32.7 Å². The van der Waals surface area contributed by atoms with Crippen LogP contribution < -0.4 is 21.4 Å². The van der Waals surface area contributed by atoms with Crippen molar-refractivity contribution in [3.05, 3.63) is 39.0 Å². The fourth-order valence-electron chi connectivity index (χ4n) is 3.44. The minimum atomic E-state index is -3.85. The van der Waals surface area contributed by atoms with Gasteiger partial charge in [0.25, 0.3) is 5.56 Å². The van der Waals surface area contributed by atoms with Gasteiger partial charge in [-0.15, -0.1) is 0 Å². The molecule has 0 unspecified atom stereocenters. The number of fused-ring (bicyclic) bond motifs is 1. The van der Waals surface area contributed by atoms with Crippen molar-refractivity contribution in [2.45, 2.75) is 63.4 Å². The molecule has 2 aliphatic rings. The maximum Gasteiger partial charge on any atom is 0.350 e. The molecule has 164 valence electrons. The third-order valence-electron chi connectivity index (χ3n) is 5.90. The van der Waals surface area contributed by atoms with Crippen molar-refractivity contribution in [1.82, 2.24) is 14.0 Å². The standard InChI is InChI=1S/C21H24N4O5S/c1-4-5-17(26)22-25-18(27)15-12-14(31(29,30)23-21(3)10-11-21)6-7-16(15)24(19(25)28)13-20(2)8-9-20/h6-7,12,23H,8-11,13H2,1-3H3,(H,22,26). The van der Waals surface area contributed by atoms with Gasteiger partial charge in [-0.1, -0.05) is 12.8 Å². The van der Waals surface area contributed by atoms with Gasteiger partial charge in [-0.3, -0.25) is 14.2 Å². The molecule has 31 heavy (non-hydrogen) atoms. The normalized spacial score (nSPS) is 18.2. The van der Waals surface area contributed by atoms with Gasteiger partial charge in [0.05, 0.1) is 15.8 Å². The molecule has 1 heterocycles. The number of rotatable bonds is 6. The van der Waals surface area contributed by atoms with E-state index in [1.807, 2.05) is 13.8 Å². The number of carbonyl (C=O) groups is 1. The van der Waals surface area contributed by atoms with Gasteiger partial charge in [-0.05, 0) is 69.1 Å². The first kappa shape index (κ1) is 21.3. The molecule has 0 aliphatic heterocycles. The smallest absolute Gasteiger partial charge is 0.291 e. The topological polar surface area (TPSA) is 119 Å². The average molecular weight is 445 g/mol. The molecule has 2 fully saturated rings. The second kappa shape index (κ2) is 7.07. The molecule has 0 spiro atoms. The highest BCUT2D eigenvalue weighted by Gasteiger charge is 2.41. The van der Waals surface area contributed by atoms with Crippen molar-refractivity contribution in [3.63, 3.8) is 0 Å². The Bertz CT molecular complexity index is 1380. The Morgan fingerprint density at radius 3 is 2.42 bits per heavy atom. The van der Waals surface area contributed by atoms with E-state index in [0.717, 1.165) is 25.7 Å². The van der Waals surface area contributed by atoms with E-state index in [0.29, 0.717) is 16.7 Å². The van der Waals surface area contributed by atoms with E-state index in [-0.39, 0.29) is 15.7 Å². The fraction of sp³-hybridized carbons (Fsp3) is 0.476. The van der Waals surface area contributed by atoms with Crippen LogP contribution in [0.15, 0.2) is 32.7 Å². The third-order valence-corrected chi connectivity index (χ3v) is 7.54. The molecule has 1 aromatic carbocycles. The van der Waals surface area contributed by atoms with Crippen LogP contribution in [0.1, 0.15) is 46.5 Å². The molecule has 0 radical (unpaired) electrons. The molecule has 4 rings (SSSR count). The van der Waals surface area contributed by atoms with Crippen molar-refractivity contribution in [2.75, 3.05) is 5.43 Å². The number of carbonyl (C=O) groups excluding carboxylic acids is 1. The van der Waals surface area contributed by atoms with E-state index in [1.54, 1.807) is 0 Å². The summed E-state index contributed by atoms with van der Waals surface area (Å²) in [5, 5.41) is 0.0254. The highest BCUT2D eigenvalue weighted by Crippen LogP contribution is 2.46. The Labute approximate surface area is 179 Å². The number of hydrogen-bond acceptors (Lipinski definition) is 5. The minimum absolute atomic E-state index is 0.0254. The molecule has 1 amide bonds. The lowest BCUT2D eigenvalue weighted by Gasteiger charge is -2.18. The average Bonchev–Trinajstić information content (AvgIpc) is 3.61. The highest BCUT2D eigenvalue weighted by atomic mass is 32.2. The molecule has 9 nitrogen and oxygen atoms in total. The van der Waals surface area contributed by atoms with Crippen LogP contribution >= 0.6 is 0 Å². The van der Waals surface area contributed by atoms with Crippen LogP contribution in [0.2, 0.25) is 0 Å². The summed E-state index contributed by atoms with van der Waals surface area (Å²) in [4.78, 5) is 38.0. The largest absolute Gasteiger partial charge is 0.350 e. The van der Waals surface area contributed by atoms with Gasteiger partial charge in [-0.2, -0.15) is 4.68 Å². The first-order chi connectivity index (χ1) is 14.5. The molecule has 2 saturated carbocycles. The lowest BCUT2D eigenvalue weighted by Crippen LogP contribution is -2.47. The van der Waals surface area contributed by atoms with Crippen LogP contribution in [0.25, 0.3) is 10.9 Å². The Balaban J connectivity index is 1.90. The van der Waals surface area contributed by atoms with E-state index >= 15 is 0 Å². The van der Waals surface area contributed by atoms with Gasteiger partial charge in [0, 0.05) is 12.1 Å². The highest BCUT2D eigenvalue weighted by molar-refractivity contribution is 7.89. The molecular formula is C21H24N4O5S. The maximum atomic E-state index is 13.1. The number of benzene rings is 1. The number of amides is 1. The summed E-state index contributed by atoms with van der Waals surface area (Å²) in [6.07, 6.45) is 3.36. The Morgan fingerprint density at radius 2 is 1.84 bits per heavy atom. The van der Waals surface area contributed by atoms with Crippen LogP contribution in [0, 0.1) is 17.3 Å². The summed E-state index contributed by atoms with van der Waals surface area (Å²) in [6, 6.07) is 4.13. The predicted molar refractivity (Wildman–Crippen MR) is 116 cm³/mol. The molecule has 0 atom stereocenters. The van der Waals surface area contributed by atoms with Crippen molar-refractivity contribution >= 4 is 26.8 Å². The second-order valence-corrected chi connectivity index (χ2v) is 10.7. The third kappa shape index (κ3) is 4.16. The van der Waals surface area contributed by atoms with E-state index in [1.165, 1.54) is 29.7 Å². The van der Waals surface area contributed by atoms with Gasteiger partial charge in [-0.25, -0.2) is 23.4 Å². The summed E-state index contributed by atoms with van der Waals surface area (Å²) in [5.41, 5.74) is 0.482. The number of hydrogen-bond donors (Lipinski definition) is 2. The van der Waals surface area contributed by atoms with Gasteiger partial charge in [0.15, 0.2) is 0 Å². The summed E-state index contributed by atoms with van der Waals surface area (Å²) in [6.45, 7) is 5.65. The number of nitrogens with one attached hydrogen (secondary N) is 2. The van der Waals surface area contributed by atoms with Crippen molar-refractivity contribution in [3.8, 4) is 11.8 Å². The zero-order valence-corrected chi connectivity index (χ0v) is 18.4. The van der Waals surface area contributed by atoms with Crippen LogP contribution in [0.4, 0.5) is 0 Å². The Hall–Kier alpha value is -2.90. The summed E-state index contributed by atoms with van der Waals surface area (Å²) < 4.78 is 30.3. The molecule has 0 saturated heterocycles. The molecule has 10 heteroatoms. The lowest BCUT2D eigenvalue weighted by atomic mass is 10.1. The Morgan fingerprint density at radius 1 is 1.16 bits per heavy atom. The summed E-state index contributed by atoms with van der Waals surface area (Å²) >= 11 is 0. The molecule has 2 aromatic rings. The molecular weight excluding hydrogens is 420 g/mol. The summed E-state index contributed by atoms with van der Waals surface area (Å²) in [5.74, 6) is 3.83. The van der Waals surface area contributed by atoms with Gasteiger partial charge in [0.1, 0.15) is 0 Å². The minimum Gasteiger partial charge on any atom is -0.291 e. The quantitative estimate of drug-likeness (QED) is 0.642. The fourth-order valence-corrected chi connectivity index (χ4v) is 4.93. The van der Waals surface area contributed by atoms with Gasteiger partial charge >= 0.3 is 11.6 Å². The number of nitrogens with zero attached hydrogens (tertiary/aromatic N) is 2. The van der Waals surface area contributed by atoms with Crippen LogP contribution in [-0.4, -0.2) is 29.1 Å². The zero-order chi connectivity index (χ0) is 22.6. The SMILES string of the molecule is CC#CC(=O)Nn1c(=O)c2cc(S(=O)(=O)NC3(C)CC3)ccc2n(CC2(C)CC2)c1=O. The van der Waals surface area contributed by atoms with Crippen LogP contribution in [0.3, 0.4) is 0 Å². The molecule has 0 bridgehead atoms. The van der Waals surface area contributed by atoms with Crippen LogP contribution in [-0.2, 0) is 21.4 Å². The van der Waals surface area contributed by atoms with Crippen molar-refractivity contribution in [2.24, 2.45) is 5.41 Å². The molecule has 2 aliphatic carbocycles. The van der Waals surface area contributed by atoms with E-state index in [4.69, 9.17) is 0 Å². The summed E-state index contributed by atoms with van der Waals surface area (Å²) in [7, 11) is -3.85. The monoisotopic (exact) mass is 444 g/mol. The Kier molecular flexibility index (Phi) is 4.87. The first-order valence-electron chi connectivity index (χ1n) is 10.0. The maximum absolute atomic E-state index is 13.1.